The molecule has 0 saturated heterocycles. The third kappa shape index (κ3) is 2.47. The maximum absolute atomic E-state index is 6.13. The number of para-hydroxylation sites is 1. The molecule has 0 aliphatic heterocycles. The number of hydrogen-bond acceptors (Lipinski definition) is 3. The van der Waals surface area contributed by atoms with Gasteiger partial charge in [-0.25, -0.2) is 4.98 Å². The lowest BCUT2D eigenvalue weighted by Gasteiger charge is -2.13. The van der Waals surface area contributed by atoms with Crippen LogP contribution in [0.2, 0.25) is 0 Å². The van der Waals surface area contributed by atoms with Crippen LogP contribution in [-0.2, 0) is 6.54 Å². The van der Waals surface area contributed by atoms with Crippen molar-refractivity contribution in [3.05, 3.63) is 18.2 Å². The van der Waals surface area contributed by atoms with Crippen molar-refractivity contribution >= 4 is 17.0 Å². The Morgan fingerprint density at radius 1 is 1.35 bits per heavy atom. The first-order valence-corrected chi connectivity index (χ1v) is 7.56. The Hall–Kier alpha value is -1.71. The molecule has 108 valence electrons. The molecule has 1 aromatic heterocycles. The van der Waals surface area contributed by atoms with Gasteiger partial charge in [-0.05, 0) is 44.7 Å². The Morgan fingerprint density at radius 3 is 2.80 bits per heavy atom. The average molecular weight is 273 g/mol. The highest BCUT2D eigenvalue weighted by Crippen LogP contribution is 2.31. The molecule has 4 nitrogen and oxygen atoms in total. The van der Waals surface area contributed by atoms with E-state index in [2.05, 4.69) is 15.6 Å². The molecule has 1 aromatic carbocycles. The molecule has 20 heavy (non-hydrogen) atoms. The number of nitrogen functional groups attached to an aromatic ring is 1. The molecular formula is C16H23N3O. The van der Waals surface area contributed by atoms with Gasteiger partial charge in [-0.1, -0.05) is 18.9 Å². The van der Waals surface area contributed by atoms with E-state index >= 15 is 0 Å². The summed E-state index contributed by atoms with van der Waals surface area (Å²) in [5, 5.41) is 0. The molecule has 4 heteroatoms. The van der Waals surface area contributed by atoms with E-state index in [1.165, 1.54) is 25.7 Å². The summed E-state index contributed by atoms with van der Waals surface area (Å²) in [6, 6.07) is 6.07. The Labute approximate surface area is 119 Å². The summed E-state index contributed by atoms with van der Waals surface area (Å²) >= 11 is 0. The van der Waals surface area contributed by atoms with Crippen molar-refractivity contribution in [2.75, 3.05) is 5.73 Å². The van der Waals surface area contributed by atoms with E-state index in [4.69, 9.17) is 10.5 Å². The highest BCUT2D eigenvalue weighted by atomic mass is 16.5. The predicted molar refractivity (Wildman–Crippen MR) is 81.9 cm³/mol. The minimum atomic E-state index is 0.141. The van der Waals surface area contributed by atoms with Crippen LogP contribution in [0, 0.1) is 5.92 Å². The number of anilines is 1. The lowest BCUT2D eigenvalue weighted by Crippen LogP contribution is -2.10. The maximum Gasteiger partial charge on any atom is 0.201 e. The van der Waals surface area contributed by atoms with Gasteiger partial charge in [-0.15, -0.1) is 0 Å². The van der Waals surface area contributed by atoms with Crippen molar-refractivity contribution in [1.82, 2.24) is 9.55 Å². The standard InChI is InChI=1S/C16H23N3O/c1-11(2)20-14-9-5-8-13-15(14)18-16(17)19(13)10-12-6-3-4-7-12/h5,8-9,11-12H,3-4,6-7,10H2,1-2H3,(H2,17,18). The molecule has 1 heterocycles. The van der Waals surface area contributed by atoms with Gasteiger partial charge in [0.25, 0.3) is 0 Å². The quantitative estimate of drug-likeness (QED) is 0.926. The molecule has 0 bridgehead atoms. The van der Waals surface area contributed by atoms with Crippen LogP contribution in [0.4, 0.5) is 5.95 Å². The zero-order valence-electron chi connectivity index (χ0n) is 12.3. The Bertz CT molecular complexity index is 597. The second-order valence-electron chi connectivity index (χ2n) is 6.02. The lowest BCUT2D eigenvalue weighted by molar-refractivity contribution is 0.245. The van der Waals surface area contributed by atoms with E-state index in [0.717, 1.165) is 29.2 Å². The molecule has 0 radical (unpaired) electrons. The van der Waals surface area contributed by atoms with Crippen molar-refractivity contribution in [2.24, 2.45) is 5.92 Å². The van der Waals surface area contributed by atoms with Crippen LogP contribution >= 0.6 is 0 Å². The maximum atomic E-state index is 6.13. The van der Waals surface area contributed by atoms with Crippen molar-refractivity contribution in [1.29, 1.82) is 0 Å². The van der Waals surface area contributed by atoms with Gasteiger partial charge in [0, 0.05) is 6.54 Å². The molecule has 3 rings (SSSR count). The largest absolute Gasteiger partial charge is 0.489 e. The van der Waals surface area contributed by atoms with Gasteiger partial charge in [-0.2, -0.15) is 0 Å². The van der Waals surface area contributed by atoms with Crippen LogP contribution in [-0.4, -0.2) is 15.7 Å². The highest BCUT2D eigenvalue weighted by molar-refractivity contribution is 5.84. The van der Waals surface area contributed by atoms with Crippen LogP contribution in [0.15, 0.2) is 18.2 Å². The summed E-state index contributed by atoms with van der Waals surface area (Å²) in [6.45, 7) is 5.03. The third-order valence-corrected chi connectivity index (χ3v) is 4.05. The smallest absolute Gasteiger partial charge is 0.201 e. The summed E-state index contributed by atoms with van der Waals surface area (Å²) in [7, 11) is 0. The van der Waals surface area contributed by atoms with Gasteiger partial charge in [-0.3, -0.25) is 0 Å². The van der Waals surface area contributed by atoms with Gasteiger partial charge in [0.1, 0.15) is 11.3 Å². The number of aromatic nitrogens is 2. The van der Waals surface area contributed by atoms with Gasteiger partial charge in [0.15, 0.2) is 0 Å². The molecule has 0 atom stereocenters. The second-order valence-corrected chi connectivity index (χ2v) is 6.02. The summed E-state index contributed by atoms with van der Waals surface area (Å²) in [4.78, 5) is 4.52. The van der Waals surface area contributed by atoms with Crippen LogP contribution in [0.25, 0.3) is 11.0 Å². The van der Waals surface area contributed by atoms with Crippen molar-refractivity contribution in [3.8, 4) is 5.75 Å². The van der Waals surface area contributed by atoms with Crippen molar-refractivity contribution in [2.45, 2.75) is 52.2 Å². The van der Waals surface area contributed by atoms with Crippen LogP contribution in [0.3, 0.4) is 0 Å². The first-order chi connectivity index (χ1) is 9.65. The number of hydrogen-bond donors (Lipinski definition) is 1. The van der Waals surface area contributed by atoms with Gasteiger partial charge in [0.2, 0.25) is 5.95 Å². The van der Waals surface area contributed by atoms with E-state index in [1.54, 1.807) is 0 Å². The fourth-order valence-corrected chi connectivity index (χ4v) is 3.13. The first-order valence-electron chi connectivity index (χ1n) is 7.56. The molecule has 1 aliphatic carbocycles. The van der Waals surface area contributed by atoms with Gasteiger partial charge in [0.05, 0.1) is 11.6 Å². The highest BCUT2D eigenvalue weighted by Gasteiger charge is 2.19. The monoisotopic (exact) mass is 273 g/mol. The third-order valence-electron chi connectivity index (χ3n) is 4.05. The zero-order valence-corrected chi connectivity index (χ0v) is 12.3. The number of imidazole rings is 1. The Kier molecular flexibility index (Phi) is 3.55. The van der Waals surface area contributed by atoms with E-state index in [9.17, 15) is 0 Å². The van der Waals surface area contributed by atoms with E-state index in [0.29, 0.717) is 5.95 Å². The van der Waals surface area contributed by atoms with E-state index in [1.807, 2.05) is 26.0 Å². The molecule has 0 amide bonds. The fourth-order valence-electron chi connectivity index (χ4n) is 3.13. The topological polar surface area (TPSA) is 53.1 Å². The van der Waals surface area contributed by atoms with Crippen LogP contribution in [0.1, 0.15) is 39.5 Å². The van der Waals surface area contributed by atoms with E-state index in [-0.39, 0.29) is 6.10 Å². The minimum absolute atomic E-state index is 0.141. The Morgan fingerprint density at radius 2 is 2.10 bits per heavy atom. The summed E-state index contributed by atoms with van der Waals surface area (Å²) in [5.74, 6) is 2.17. The summed E-state index contributed by atoms with van der Waals surface area (Å²) in [5.41, 5.74) is 8.10. The number of nitrogens with two attached hydrogens (primary N) is 1. The van der Waals surface area contributed by atoms with Crippen LogP contribution in [0.5, 0.6) is 5.75 Å². The SMILES string of the molecule is CC(C)Oc1cccc2c1nc(N)n2CC1CCCC1. The van der Waals surface area contributed by atoms with Crippen LogP contribution < -0.4 is 10.5 Å². The molecule has 0 unspecified atom stereocenters. The molecule has 1 fully saturated rings. The molecular weight excluding hydrogens is 250 g/mol. The number of nitrogens with zero attached hydrogens (tertiary/aromatic N) is 2. The van der Waals surface area contributed by atoms with Crippen molar-refractivity contribution < 1.29 is 4.74 Å². The molecule has 0 spiro atoms. The fraction of sp³-hybridized carbons (Fsp3) is 0.562. The van der Waals surface area contributed by atoms with Gasteiger partial charge < -0.3 is 15.0 Å². The number of fused-ring (bicyclic) bond motifs is 1. The first kappa shape index (κ1) is 13.3. The normalized spacial score (nSPS) is 16.4. The number of benzene rings is 1. The molecule has 1 aliphatic rings. The van der Waals surface area contributed by atoms with Crippen molar-refractivity contribution in [3.63, 3.8) is 0 Å². The molecule has 1 saturated carbocycles. The minimum Gasteiger partial charge on any atom is -0.489 e. The summed E-state index contributed by atoms with van der Waals surface area (Å²) < 4.78 is 7.99. The second kappa shape index (κ2) is 5.35. The molecule has 2 aromatic rings. The zero-order chi connectivity index (χ0) is 14.1. The number of ether oxygens (including phenoxy) is 1. The lowest BCUT2D eigenvalue weighted by atomic mass is 10.1. The van der Waals surface area contributed by atoms with E-state index < -0.39 is 0 Å². The Balaban J connectivity index is 1.97. The summed E-state index contributed by atoms with van der Waals surface area (Å²) in [6.07, 6.45) is 5.45. The molecule has 2 N–H and O–H groups in total. The predicted octanol–water partition coefficient (Wildman–Crippen LogP) is 3.60. The number of rotatable bonds is 4. The van der Waals surface area contributed by atoms with Gasteiger partial charge >= 0.3 is 0 Å². The average Bonchev–Trinajstić information content (AvgIpc) is 3.00.